The zero-order chi connectivity index (χ0) is 27.3. The molecule has 0 bridgehead atoms. The average Bonchev–Trinajstić information content (AvgIpc) is 3.32. The molecule has 8 nitrogen and oxygen atoms in total. The molecule has 1 N–H and O–H groups in total. The smallest absolute Gasteiger partial charge is 0.322 e. The van der Waals surface area contributed by atoms with Gasteiger partial charge in [0.2, 0.25) is 5.91 Å². The summed E-state index contributed by atoms with van der Waals surface area (Å²) in [7, 11) is 0. The van der Waals surface area contributed by atoms with Crippen molar-refractivity contribution in [3.05, 3.63) is 83.6 Å². The molecule has 38 heavy (non-hydrogen) atoms. The Bertz CT molecular complexity index is 1170. The van der Waals surface area contributed by atoms with Crippen molar-refractivity contribution in [3.63, 3.8) is 0 Å². The van der Waals surface area contributed by atoms with Crippen LogP contribution in [0.25, 0.3) is 0 Å². The summed E-state index contributed by atoms with van der Waals surface area (Å²) < 4.78 is 30.2. The number of hydrogen-bond acceptors (Lipinski definition) is 5. The molecular weight excluding hydrogens is 489 g/mol. The number of nitrogens with one attached hydrogen (secondary N) is 1. The third kappa shape index (κ3) is 8.92. The summed E-state index contributed by atoms with van der Waals surface area (Å²) in [5, 5.41) is 2.88. The van der Waals surface area contributed by atoms with Crippen LogP contribution in [0.2, 0.25) is 0 Å². The van der Waals surface area contributed by atoms with Gasteiger partial charge in [-0.3, -0.25) is 4.79 Å². The molecule has 0 fully saturated rings. The molecule has 0 aliphatic carbocycles. The number of carbonyl (C=O) groups excluding carboxylic acids is 2. The molecule has 0 radical (unpaired) electrons. The van der Waals surface area contributed by atoms with Crippen LogP contribution in [0.1, 0.15) is 37.4 Å². The predicted octanol–water partition coefficient (Wildman–Crippen LogP) is 5.62. The van der Waals surface area contributed by atoms with Gasteiger partial charge in [-0.1, -0.05) is 24.3 Å². The lowest BCUT2D eigenvalue weighted by Gasteiger charge is -2.28. The number of furan rings is 1. The van der Waals surface area contributed by atoms with E-state index in [1.807, 2.05) is 39.0 Å². The van der Waals surface area contributed by atoms with Gasteiger partial charge in [-0.25, -0.2) is 9.18 Å². The van der Waals surface area contributed by atoms with Crippen LogP contribution in [0.3, 0.4) is 0 Å². The third-order valence-electron chi connectivity index (χ3n) is 5.74. The van der Waals surface area contributed by atoms with E-state index in [1.54, 1.807) is 35.2 Å². The molecule has 1 heterocycles. The van der Waals surface area contributed by atoms with Crippen molar-refractivity contribution >= 4 is 17.6 Å². The standard InChI is InChI=1S/C29H36FN3O5/c1-4-36-18-8-17-32(29(35)31-26-9-6-7-10-27(26)37-5-2)21-28(34)33(20-25-16-11-22(3)38-25)19-23-12-14-24(30)15-13-23/h6-7,9-16H,4-5,8,17-21H2,1-3H3,(H,31,35). The van der Waals surface area contributed by atoms with Gasteiger partial charge in [-0.2, -0.15) is 0 Å². The van der Waals surface area contributed by atoms with Crippen molar-refractivity contribution in [1.82, 2.24) is 9.80 Å². The summed E-state index contributed by atoms with van der Waals surface area (Å²) in [6, 6.07) is 16.4. The van der Waals surface area contributed by atoms with Crippen molar-refractivity contribution in [3.8, 4) is 5.75 Å². The van der Waals surface area contributed by atoms with Gasteiger partial charge in [0.05, 0.1) is 18.8 Å². The van der Waals surface area contributed by atoms with Gasteiger partial charge in [0.15, 0.2) is 0 Å². The Morgan fingerprint density at radius 1 is 0.947 bits per heavy atom. The summed E-state index contributed by atoms with van der Waals surface area (Å²) in [5.74, 6) is 1.29. The Balaban J connectivity index is 1.78. The highest BCUT2D eigenvalue weighted by atomic mass is 19.1. The summed E-state index contributed by atoms with van der Waals surface area (Å²) >= 11 is 0. The Morgan fingerprint density at radius 3 is 2.39 bits per heavy atom. The monoisotopic (exact) mass is 525 g/mol. The maximum atomic E-state index is 13.6. The van der Waals surface area contributed by atoms with Gasteiger partial charge in [-0.05, 0) is 69.2 Å². The molecule has 3 amide bonds. The SMILES string of the molecule is CCOCCCN(CC(=O)N(Cc1ccc(F)cc1)Cc1ccc(C)o1)C(=O)Nc1ccccc1OCC. The van der Waals surface area contributed by atoms with E-state index in [0.29, 0.717) is 50.0 Å². The highest BCUT2D eigenvalue weighted by Gasteiger charge is 2.23. The second-order valence-corrected chi connectivity index (χ2v) is 8.72. The number of benzene rings is 2. The van der Waals surface area contributed by atoms with E-state index in [2.05, 4.69) is 5.32 Å². The zero-order valence-electron chi connectivity index (χ0n) is 22.2. The molecule has 3 aromatic rings. The second-order valence-electron chi connectivity index (χ2n) is 8.72. The summed E-state index contributed by atoms with van der Waals surface area (Å²) in [5.41, 5.74) is 1.29. The van der Waals surface area contributed by atoms with Crippen molar-refractivity contribution in [2.24, 2.45) is 0 Å². The lowest BCUT2D eigenvalue weighted by atomic mass is 10.2. The molecule has 0 atom stereocenters. The second kappa shape index (κ2) is 14.8. The Kier molecular flexibility index (Phi) is 11.2. The first-order valence-electron chi connectivity index (χ1n) is 12.8. The van der Waals surface area contributed by atoms with Crippen LogP contribution in [-0.2, 0) is 22.6 Å². The lowest BCUT2D eigenvalue weighted by Crippen LogP contribution is -2.44. The third-order valence-corrected chi connectivity index (χ3v) is 5.74. The maximum absolute atomic E-state index is 13.6. The fraction of sp³-hybridized carbons (Fsp3) is 0.379. The van der Waals surface area contributed by atoms with Gasteiger partial charge >= 0.3 is 6.03 Å². The van der Waals surface area contributed by atoms with E-state index in [1.165, 1.54) is 17.0 Å². The van der Waals surface area contributed by atoms with Gasteiger partial charge in [0, 0.05) is 26.3 Å². The first-order chi connectivity index (χ1) is 18.4. The highest BCUT2D eigenvalue weighted by molar-refractivity contribution is 5.93. The van der Waals surface area contributed by atoms with Crippen LogP contribution in [0, 0.1) is 12.7 Å². The molecule has 0 aliphatic rings. The van der Waals surface area contributed by atoms with E-state index < -0.39 is 6.03 Å². The molecule has 9 heteroatoms. The minimum absolute atomic E-state index is 0.157. The minimum Gasteiger partial charge on any atom is -0.492 e. The van der Waals surface area contributed by atoms with Gasteiger partial charge in [0.25, 0.3) is 0 Å². The van der Waals surface area contributed by atoms with Gasteiger partial charge in [-0.15, -0.1) is 0 Å². The number of ether oxygens (including phenoxy) is 2. The fourth-order valence-electron chi connectivity index (χ4n) is 3.86. The Morgan fingerprint density at radius 2 is 1.71 bits per heavy atom. The average molecular weight is 526 g/mol. The lowest BCUT2D eigenvalue weighted by molar-refractivity contribution is -0.133. The molecule has 0 spiro atoms. The van der Waals surface area contributed by atoms with Crippen molar-refractivity contribution in [1.29, 1.82) is 0 Å². The zero-order valence-corrected chi connectivity index (χ0v) is 22.2. The van der Waals surface area contributed by atoms with Crippen LogP contribution in [0.5, 0.6) is 5.75 Å². The van der Waals surface area contributed by atoms with E-state index in [0.717, 1.165) is 11.3 Å². The fourth-order valence-corrected chi connectivity index (χ4v) is 3.86. The number of halogens is 1. The van der Waals surface area contributed by atoms with Crippen molar-refractivity contribution < 1.29 is 27.9 Å². The van der Waals surface area contributed by atoms with Gasteiger partial charge in [0.1, 0.15) is 29.6 Å². The summed E-state index contributed by atoms with van der Waals surface area (Å²) in [4.78, 5) is 30.0. The van der Waals surface area contributed by atoms with Crippen molar-refractivity contribution in [2.45, 2.75) is 40.3 Å². The first-order valence-corrected chi connectivity index (χ1v) is 12.8. The van der Waals surface area contributed by atoms with Crippen molar-refractivity contribution in [2.75, 3.05) is 38.2 Å². The van der Waals surface area contributed by atoms with Crippen LogP contribution < -0.4 is 10.1 Å². The molecule has 0 saturated heterocycles. The molecule has 2 aromatic carbocycles. The molecular formula is C29H36FN3O5. The largest absolute Gasteiger partial charge is 0.492 e. The maximum Gasteiger partial charge on any atom is 0.322 e. The van der Waals surface area contributed by atoms with Crippen LogP contribution in [-0.4, -0.2) is 54.6 Å². The first kappa shape index (κ1) is 28.7. The Hall–Kier alpha value is -3.85. The molecule has 0 aliphatic heterocycles. The molecule has 0 unspecified atom stereocenters. The number of carbonyl (C=O) groups is 2. The Labute approximate surface area is 223 Å². The van der Waals surface area contributed by atoms with Gasteiger partial charge < -0.3 is 29.0 Å². The van der Waals surface area contributed by atoms with E-state index in [-0.39, 0.29) is 31.4 Å². The van der Waals surface area contributed by atoms with Crippen LogP contribution in [0.15, 0.2) is 65.1 Å². The number of aryl methyl sites for hydroxylation is 1. The molecule has 1 aromatic heterocycles. The molecule has 204 valence electrons. The van der Waals surface area contributed by atoms with E-state index >= 15 is 0 Å². The van der Waals surface area contributed by atoms with Crippen LogP contribution in [0.4, 0.5) is 14.9 Å². The number of para-hydroxylation sites is 2. The highest BCUT2D eigenvalue weighted by Crippen LogP contribution is 2.24. The number of hydrogen-bond donors (Lipinski definition) is 1. The normalized spacial score (nSPS) is 10.7. The minimum atomic E-state index is -0.419. The summed E-state index contributed by atoms with van der Waals surface area (Å²) in [6.45, 7) is 7.71. The molecule has 0 saturated carbocycles. The van der Waals surface area contributed by atoms with E-state index in [4.69, 9.17) is 13.9 Å². The van der Waals surface area contributed by atoms with Crippen LogP contribution >= 0.6 is 0 Å². The number of nitrogens with zero attached hydrogens (tertiary/aromatic N) is 2. The number of rotatable bonds is 14. The molecule has 3 rings (SSSR count). The topological polar surface area (TPSA) is 84.2 Å². The summed E-state index contributed by atoms with van der Waals surface area (Å²) in [6.07, 6.45) is 0.566. The number of anilines is 1. The quantitative estimate of drug-likeness (QED) is 0.276. The number of urea groups is 1. The van der Waals surface area contributed by atoms with E-state index in [9.17, 15) is 14.0 Å². The predicted molar refractivity (Wildman–Crippen MR) is 143 cm³/mol. The number of amides is 3.